The maximum absolute atomic E-state index is 11.1. The van der Waals surface area contributed by atoms with E-state index in [4.69, 9.17) is 14.4 Å². The van der Waals surface area contributed by atoms with Crippen LogP contribution in [0.4, 0.5) is 11.7 Å². The molecule has 3 aromatic carbocycles. The van der Waals surface area contributed by atoms with Crippen LogP contribution in [0.3, 0.4) is 0 Å². The van der Waals surface area contributed by atoms with Crippen LogP contribution in [0.5, 0.6) is 5.75 Å². The first-order valence-electron chi connectivity index (χ1n) is 9.97. The summed E-state index contributed by atoms with van der Waals surface area (Å²) in [4.78, 5) is 17.2. The van der Waals surface area contributed by atoms with Gasteiger partial charge in [0.05, 0.1) is 29.7 Å². The fourth-order valence-corrected chi connectivity index (χ4v) is 3.35. The number of rotatable bonds is 8. The zero-order valence-electron chi connectivity index (χ0n) is 17.4. The standard InChI is InChI=1S/C24H20N4O4/c1-31-21-9-6-17(7-10-21)12-13-27(16-19-4-2-18(15-25)3-5-19)24-26-22-11-8-20(28(29)30)14-23(22)32-24/h2-11,14H,12-13,16H2,1H3. The highest BCUT2D eigenvalue weighted by molar-refractivity contribution is 5.77. The van der Waals surface area contributed by atoms with E-state index in [-0.39, 0.29) is 5.69 Å². The number of nitrogens with zero attached hydrogens (tertiary/aromatic N) is 4. The zero-order chi connectivity index (χ0) is 22.5. The van der Waals surface area contributed by atoms with E-state index in [1.54, 1.807) is 25.3 Å². The molecule has 0 aliphatic heterocycles. The fraction of sp³-hybridized carbons (Fsp3) is 0.167. The fourth-order valence-electron chi connectivity index (χ4n) is 3.35. The van der Waals surface area contributed by atoms with E-state index in [1.165, 1.54) is 12.1 Å². The molecule has 0 aliphatic carbocycles. The summed E-state index contributed by atoms with van der Waals surface area (Å²) >= 11 is 0. The molecule has 0 fully saturated rings. The quantitative estimate of drug-likeness (QED) is 0.291. The minimum absolute atomic E-state index is 0.0444. The Kier molecular flexibility index (Phi) is 5.99. The third kappa shape index (κ3) is 4.68. The lowest BCUT2D eigenvalue weighted by Crippen LogP contribution is -2.25. The van der Waals surface area contributed by atoms with Crippen molar-refractivity contribution in [2.75, 3.05) is 18.6 Å². The van der Waals surface area contributed by atoms with Crippen LogP contribution in [0.15, 0.2) is 71.1 Å². The average Bonchev–Trinajstić information content (AvgIpc) is 3.25. The maximum Gasteiger partial charge on any atom is 0.298 e. The van der Waals surface area contributed by atoms with Gasteiger partial charge in [0.2, 0.25) is 0 Å². The summed E-state index contributed by atoms with van der Waals surface area (Å²) in [5, 5.41) is 20.1. The van der Waals surface area contributed by atoms with E-state index in [0.717, 1.165) is 23.3 Å². The molecular formula is C24H20N4O4. The number of hydrogen-bond donors (Lipinski definition) is 0. The Balaban J connectivity index is 1.61. The van der Waals surface area contributed by atoms with Gasteiger partial charge < -0.3 is 14.1 Å². The van der Waals surface area contributed by atoms with Gasteiger partial charge in [0.15, 0.2) is 5.58 Å². The Morgan fingerprint density at radius 3 is 2.47 bits per heavy atom. The number of nitriles is 1. The summed E-state index contributed by atoms with van der Waals surface area (Å²) < 4.78 is 11.1. The molecule has 160 valence electrons. The Morgan fingerprint density at radius 2 is 1.81 bits per heavy atom. The topological polar surface area (TPSA) is 105 Å². The van der Waals surface area contributed by atoms with Gasteiger partial charge in [-0.2, -0.15) is 10.2 Å². The van der Waals surface area contributed by atoms with Crippen molar-refractivity contribution in [1.29, 1.82) is 5.26 Å². The molecule has 4 rings (SSSR count). The first kappa shape index (κ1) is 20.9. The van der Waals surface area contributed by atoms with Crippen molar-refractivity contribution in [3.8, 4) is 11.8 Å². The number of oxazole rings is 1. The maximum atomic E-state index is 11.1. The van der Waals surface area contributed by atoms with Gasteiger partial charge in [-0.05, 0) is 47.9 Å². The average molecular weight is 428 g/mol. The van der Waals surface area contributed by atoms with Gasteiger partial charge in [-0.1, -0.05) is 24.3 Å². The number of benzene rings is 3. The zero-order valence-corrected chi connectivity index (χ0v) is 17.4. The lowest BCUT2D eigenvalue weighted by Gasteiger charge is -2.21. The van der Waals surface area contributed by atoms with Crippen molar-refractivity contribution in [3.05, 3.63) is 93.5 Å². The van der Waals surface area contributed by atoms with Gasteiger partial charge in [0.25, 0.3) is 11.7 Å². The number of non-ortho nitro benzene ring substituents is 1. The number of ether oxygens (including phenoxy) is 1. The van der Waals surface area contributed by atoms with Crippen LogP contribution in [0.1, 0.15) is 16.7 Å². The van der Waals surface area contributed by atoms with Crippen molar-refractivity contribution in [2.45, 2.75) is 13.0 Å². The predicted molar refractivity (Wildman–Crippen MR) is 120 cm³/mol. The number of nitro benzene ring substituents is 1. The van der Waals surface area contributed by atoms with Crippen LogP contribution in [0, 0.1) is 21.4 Å². The van der Waals surface area contributed by atoms with Crippen LogP contribution in [0.2, 0.25) is 0 Å². The Bertz CT molecular complexity index is 1270. The summed E-state index contributed by atoms with van der Waals surface area (Å²) in [6.45, 7) is 1.12. The summed E-state index contributed by atoms with van der Waals surface area (Å²) in [5.41, 5.74) is 3.59. The third-order valence-corrected chi connectivity index (χ3v) is 5.13. The van der Waals surface area contributed by atoms with Gasteiger partial charge in [-0.15, -0.1) is 0 Å². The second-order valence-electron chi connectivity index (χ2n) is 7.23. The molecule has 1 heterocycles. The van der Waals surface area contributed by atoms with Crippen molar-refractivity contribution in [2.24, 2.45) is 0 Å². The molecule has 8 heteroatoms. The highest BCUT2D eigenvalue weighted by atomic mass is 16.6. The van der Waals surface area contributed by atoms with Gasteiger partial charge in [0, 0.05) is 19.2 Å². The van der Waals surface area contributed by atoms with Gasteiger partial charge in [-0.25, -0.2) is 0 Å². The molecule has 32 heavy (non-hydrogen) atoms. The van der Waals surface area contributed by atoms with Crippen LogP contribution in [0.25, 0.3) is 11.1 Å². The second-order valence-corrected chi connectivity index (χ2v) is 7.23. The highest BCUT2D eigenvalue weighted by Gasteiger charge is 2.17. The summed E-state index contributed by atoms with van der Waals surface area (Å²) in [6, 6.07) is 22.1. The van der Waals surface area contributed by atoms with Crippen LogP contribution >= 0.6 is 0 Å². The molecule has 0 atom stereocenters. The molecule has 8 nitrogen and oxygen atoms in total. The molecule has 0 saturated heterocycles. The SMILES string of the molecule is COc1ccc(CCN(Cc2ccc(C#N)cc2)c2nc3ccc([N+](=O)[O-])cc3o2)cc1. The molecule has 0 N–H and O–H groups in total. The largest absolute Gasteiger partial charge is 0.497 e. The molecule has 0 aliphatic rings. The highest BCUT2D eigenvalue weighted by Crippen LogP contribution is 2.27. The number of aromatic nitrogens is 1. The molecular weight excluding hydrogens is 408 g/mol. The number of nitro groups is 1. The minimum Gasteiger partial charge on any atom is -0.497 e. The molecule has 0 unspecified atom stereocenters. The Morgan fingerprint density at radius 1 is 1.09 bits per heavy atom. The lowest BCUT2D eigenvalue weighted by molar-refractivity contribution is -0.384. The van der Waals surface area contributed by atoms with Crippen LogP contribution in [-0.2, 0) is 13.0 Å². The summed E-state index contributed by atoms with van der Waals surface area (Å²) in [5.74, 6) is 0.795. The predicted octanol–water partition coefficient (Wildman–Crippen LogP) is 4.87. The van der Waals surface area contributed by atoms with Crippen molar-refractivity contribution >= 4 is 22.8 Å². The van der Waals surface area contributed by atoms with Crippen LogP contribution in [-0.4, -0.2) is 23.6 Å². The molecule has 1 aromatic heterocycles. The Hall–Kier alpha value is -4.38. The molecule has 0 radical (unpaired) electrons. The van der Waals surface area contributed by atoms with E-state index in [2.05, 4.69) is 11.1 Å². The summed E-state index contributed by atoms with van der Waals surface area (Å²) in [7, 11) is 1.63. The van der Waals surface area contributed by atoms with Gasteiger partial charge in [0.1, 0.15) is 11.3 Å². The van der Waals surface area contributed by atoms with Crippen LogP contribution < -0.4 is 9.64 Å². The molecule has 0 bridgehead atoms. The summed E-state index contributed by atoms with van der Waals surface area (Å²) in [6.07, 6.45) is 0.735. The van der Waals surface area contributed by atoms with E-state index >= 15 is 0 Å². The number of hydrogen-bond acceptors (Lipinski definition) is 7. The van der Waals surface area contributed by atoms with Crippen molar-refractivity contribution in [3.63, 3.8) is 0 Å². The normalized spacial score (nSPS) is 10.6. The van der Waals surface area contributed by atoms with Crippen molar-refractivity contribution < 1.29 is 14.1 Å². The monoisotopic (exact) mass is 428 g/mol. The molecule has 4 aromatic rings. The molecule has 0 saturated carbocycles. The van der Waals surface area contributed by atoms with E-state index in [1.807, 2.05) is 41.3 Å². The first-order valence-corrected chi connectivity index (χ1v) is 9.97. The van der Waals surface area contributed by atoms with Crippen molar-refractivity contribution in [1.82, 2.24) is 4.98 Å². The Labute approximate surface area is 184 Å². The lowest BCUT2D eigenvalue weighted by atomic mass is 10.1. The number of anilines is 1. The molecule has 0 amide bonds. The smallest absolute Gasteiger partial charge is 0.298 e. The second kappa shape index (κ2) is 9.18. The number of methoxy groups -OCH3 is 1. The minimum atomic E-state index is -0.459. The van der Waals surface area contributed by atoms with Gasteiger partial charge in [-0.3, -0.25) is 10.1 Å². The van der Waals surface area contributed by atoms with E-state index in [9.17, 15) is 10.1 Å². The molecule has 0 spiro atoms. The van der Waals surface area contributed by atoms with E-state index < -0.39 is 4.92 Å². The van der Waals surface area contributed by atoms with E-state index in [0.29, 0.717) is 35.8 Å². The first-order chi connectivity index (χ1) is 15.6. The number of fused-ring (bicyclic) bond motifs is 1. The van der Waals surface area contributed by atoms with Gasteiger partial charge >= 0.3 is 0 Å². The third-order valence-electron chi connectivity index (χ3n) is 5.13.